The van der Waals surface area contributed by atoms with E-state index in [1.807, 2.05) is 24.3 Å². The van der Waals surface area contributed by atoms with Gasteiger partial charge in [0.1, 0.15) is 5.69 Å². The molecule has 0 amide bonds. The van der Waals surface area contributed by atoms with Crippen molar-refractivity contribution >= 4 is 28.7 Å². The average Bonchev–Trinajstić information content (AvgIpc) is 2.67. The Labute approximate surface area is 152 Å². The Morgan fingerprint density at radius 3 is 2.36 bits per heavy atom. The van der Waals surface area contributed by atoms with E-state index in [4.69, 9.17) is 12.2 Å². The van der Waals surface area contributed by atoms with Crippen LogP contribution in [0.4, 0.5) is 11.4 Å². The van der Waals surface area contributed by atoms with Crippen molar-refractivity contribution in [1.29, 1.82) is 0 Å². The van der Waals surface area contributed by atoms with E-state index in [2.05, 4.69) is 27.2 Å². The van der Waals surface area contributed by atoms with Gasteiger partial charge < -0.3 is 15.1 Å². The molecule has 1 aliphatic rings. The summed E-state index contributed by atoms with van der Waals surface area (Å²) >= 11 is 5.48. The Balaban J connectivity index is 1.55. The van der Waals surface area contributed by atoms with Crippen LogP contribution in [0.5, 0.6) is 0 Å². The predicted octanol–water partition coefficient (Wildman–Crippen LogP) is 2.79. The number of nitro benzene ring substituents is 1. The Kier molecular flexibility index (Phi) is 5.45. The molecule has 6 nitrogen and oxygen atoms in total. The summed E-state index contributed by atoms with van der Waals surface area (Å²) in [7, 11) is 0. The monoisotopic (exact) mass is 356 g/mol. The van der Waals surface area contributed by atoms with Crippen molar-refractivity contribution in [2.24, 2.45) is 0 Å². The minimum absolute atomic E-state index is 0.153. The molecule has 1 fully saturated rings. The second-order valence-corrected chi connectivity index (χ2v) is 6.25. The van der Waals surface area contributed by atoms with Gasteiger partial charge in [-0.1, -0.05) is 42.5 Å². The molecule has 0 bridgehead atoms. The fourth-order valence-corrected chi connectivity index (χ4v) is 3.18. The van der Waals surface area contributed by atoms with Gasteiger partial charge in [0.05, 0.1) is 4.92 Å². The highest BCUT2D eigenvalue weighted by molar-refractivity contribution is 7.80. The zero-order valence-electron chi connectivity index (χ0n) is 13.8. The summed E-state index contributed by atoms with van der Waals surface area (Å²) in [5.74, 6) is 0. The van der Waals surface area contributed by atoms with Crippen LogP contribution in [-0.4, -0.2) is 41.1 Å². The average molecular weight is 356 g/mol. The number of benzene rings is 2. The Morgan fingerprint density at radius 2 is 1.68 bits per heavy atom. The maximum absolute atomic E-state index is 11.2. The number of nitrogens with one attached hydrogen (secondary N) is 1. The highest BCUT2D eigenvalue weighted by atomic mass is 32.1. The van der Waals surface area contributed by atoms with Gasteiger partial charge in [0.15, 0.2) is 5.11 Å². The van der Waals surface area contributed by atoms with Gasteiger partial charge >= 0.3 is 0 Å². The number of thiocarbonyl (C=S) groups is 1. The van der Waals surface area contributed by atoms with Crippen LogP contribution in [0.2, 0.25) is 0 Å². The number of nitrogens with zero attached hydrogens (tertiary/aromatic N) is 3. The lowest BCUT2D eigenvalue weighted by Crippen LogP contribution is -2.51. The van der Waals surface area contributed by atoms with Crippen LogP contribution in [0.1, 0.15) is 5.56 Å². The molecule has 1 aliphatic heterocycles. The van der Waals surface area contributed by atoms with Crippen molar-refractivity contribution in [3.8, 4) is 0 Å². The van der Waals surface area contributed by atoms with Crippen molar-refractivity contribution in [3.63, 3.8) is 0 Å². The van der Waals surface area contributed by atoms with Crippen LogP contribution in [-0.2, 0) is 6.54 Å². The van der Waals surface area contributed by atoms with Gasteiger partial charge in [0.25, 0.3) is 5.69 Å². The number of nitro groups is 1. The number of rotatable bonds is 4. The lowest BCUT2D eigenvalue weighted by Gasteiger charge is -2.37. The van der Waals surface area contributed by atoms with Gasteiger partial charge in [0.2, 0.25) is 0 Å². The molecule has 0 aromatic heterocycles. The van der Waals surface area contributed by atoms with Gasteiger partial charge in [-0.3, -0.25) is 10.1 Å². The van der Waals surface area contributed by atoms with E-state index >= 15 is 0 Å². The highest BCUT2D eigenvalue weighted by Gasteiger charge is 2.24. The van der Waals surface area contributed by atoms with Crippen LogP contribution in [0, 0.1) is 10.1 Å². The first-order chi connectivity index (χ1) is 12.1. The second kappa shape index (κ2) is 7.94. The van der Waals surface area contributed by atoms with Crippen molar-refractivity contribution in [2.75, 3.05) is 31.1 Å². The van der Waals surface area contributed by atoms with E-state index < -0.39 is 0 Å². The zero-order valence-corrected chi connectivity index (χ0v) is 14.6. The van der Waals surface area contributed by atoms with Crippen LogP contribution >= 0.6 is 12.2 Å². The molecule has 0 radical (unpaired) electrons. The summed E-state index contributed by atoms with van der Waals surface area (Å²) in [6.07, 6.45) is 0. The molecule has 7 heteroatoms. The maximum Gasteiger partial charge on any atom is 0.292 e. The number of hydrogen-bond donors (Lipinski definition) is 1. The molecule has 1 N–H and O–H groups in total. The summed E-state index contributed by atoms with van der Waals surface area (Å²) < 4.78 is 0. The molecule has 0 atom stereocenters. The molecule has 2 aromatic rings. The van der Waals surface area contributed by atoms with Gasteiger partial charge in [-0.25, -0.2) is 0 Å². The standard InChI is InChI=1S/C18H20N4O2S/c23-22(24)17-9-5-4-8-16(17)20-10-12-21(13-11-20)18(25)19-14-15-6-2-1-3-7-15/h1-9H,10-14H2,(H,19,25). The SMILES string of the molecule is O=[N+]([O-])c1ccccc1N1CCN(C(=S)NCc2ccccc2)CC1. The van der Waals surface area contributed by atoms with Gasteiger partial charge in [-0.15, -0.1) is 0 Å². The first-order valence-electron chi connectivity index (χ1n) is 8.20. The molecular weight excluding hydrogens is 336 g/mol. The minimum Gasteiger partial charge on any atom is -0.362 e. The van der Waals surface area contributed by atoms with Gasteiger partial charge in [-0.2, -0.15) is 0 Å². The summed E-state index contributed by atoms with van der Waals surface area (Å²) in [4.78, 5) is 15.0. The largest absolute Gasteiger partial charge is 0.362 e. The zero-order chi connectivity index (χ0) is 17.6. The Morgan fingerprint density at radius 1 is 1.04 bits per heavy atom. The van der Waals surface area contributed by atoms with E-state index in [1.165, 1.54) is 5.56 Å². The third-order valence-corrected chi connectivity index (χ3v) is 4.68. The topological polar surface area (TPSA) is 61.7 Å². The molecule has 0 unspecified atom stereocenters. The van der Waals surface area contributed by atoms with Crippen LogP contribution in [0.25, 0.3) is 0 Å². The molecule has 0 saturated carbocycles. The summed E-state index contributed by atoms with van der Waals surface area (Å²) in [6.45, 7) is 3.60. The van der Waals surface area contributed by atoms with Crippen LogP contribution < -0.4 is 10.2 Å². The molecular formula is C18H20N4O2S. The van der Waals surface area contributed by atoms with Crippen LogP contribution in [0.3, 0.4) is 0 Å². The van der Waals surface area contributed by atoms with E-state index in [1.54, 1.807) is 18.2 Å². The minimum atomic E-state index is -0.326. The molecule has 25 heavy (non-hydrogen) atoms. The third-order valence-electron chi connectivity index (χ3n) is 4.27. The number of hydrogen-bond acceptors (Lipinski definition) is 4. The molecule has 0 spiro atoms. The molecule has 130 valence electrons. The summed E-state index contributed by atoms with van der Waals surface area (Å²) in [5.41, 5.74) is 2.01. The molecule has 3 rings (SSSR count). The summed E-state index contributed by atoms with van der Waals surface area (Å²) in [5, 5.41) is 15.2. The van der Waals surface area contributed by atoms with Crippen LogP contribution in [0.15, 0.2) is 54.6 Å². The molecule has 1 heterocycles. The van der Waals surface area contributed by atoms with Crippen molar-refractivity contribution < 1.29 is 4.92 Å². The predicted molar refractivity (Wildman–Crippen MR) is 103 cm³/mol. The number of para-hydroxylation sites is 2. The maximum atomic E-state index is 11.2. The third kappa shape index (κ3) is 4.24. The van der Waals surface area contributed by atoms with Crippen molar-refractivity contribution in [2.45, 2.75) is 6.54 Å². The lowest BCUT2D eigenvalue weighted by atomic mass is 10.2. The quantitative estimate of drug-likeness (QED) is 0.516. The van der Waals surface area contributed by atoms with Crippen molar-refractivity contribution in [1.82, 2.24) is 10.2 Å². The lowest BCUT2D eigenvalue weighted by molar-refractivity contribution is -0.384. The van der Waals surface area contributed by atoms with E-state index in [0.29, 0.717) is 25.3 Å². The smallest absolute Gasteiger partial charge is 0.292 e. The number of piperazine rings is 1. The fraction of sp³-hybridized carbons (Fsp3) is 0.278. The van der Waals surface area contributed by atoms with E-state index in [0.717, 1.165) is 18.2 Å². The molecule has 0 aliphatic carbocycles. The van der Waals surface area contributed by atoms with Gasteiger partial charge in [-0.05, 0) is 23.8 Å². The highest BCUT2D eigenvalue weighted by Crippen LogP contribution is 2.28. The van der Waals surface area contributed by atoms with Gasteiger partial charge in [0, 0.05) is 38.8 Å². The van der Waals surface area contributed by atoms with Crippen molar-refractivity contribution in [3.05, 3.63) is 70.3 Å². The molecule has 2 aromatic carbocycles. The first kappa shape index (κ1) is 17.2. The Bertz CT molecular complexity index is 746. The summed E-state index contributed by atoms with van der Waals surface area (Å²) in [6, 6.07) is 17.0. The molecule has 1 saturated heterocycles. The first-order valence-corrected chi connectivity index (χ1v) is 8.61. The second-order valence-electron chi connectivity index (χ2n) is 5.86. The van der Waals surface area contributed by atoms with E-state index in [9.17, 15) is 10.1 Å². The fourth-order valence-electron chi connectivity index (χ4n) is 2.92. The van der Waals surface area contributed by atoms with E-state index in [-0.39, 0.29) is 10.6 Å². The Hall–Kier alpha value is -2.67. The normalized spacial score (nSPS) is 14.2. The number of anilines is 1.